The van der Waals surface area contributed by atoms with E-state index in [1.165, 1.54) is 29.7 Å². The molecule has 9 heteroatoms. The average molecular weight is 373 g/mol. The van der Waals surface area contributed by atoms with E-state index in [0.29, 0.717) is 31.5 Å². The summed E-state index contributed by atoms with van der Waals surface area (Å²) < 4.78 is 45.3. The molecular formula is C16H18F3N3O2S. The Bertz CT molecular complexity index is 727. The van der Waals surface area contributed by atoms with Crippen LogP contribution in [0.3, 0.4) is 0 Å². The number of nitrogens with zero attached hydrogens (tertiary/aromatic N) is 3. The first-order valence-electron chi connectivity index (χ1n) is 7.95. The summed E-state index contributed by atoms with van der Waals surface area (Å²) in [6.45, 7) is 3.09. The Labute approximate surface area is 147 Å². The number of aromatic nitrogens is 2. The topological polar surface area (TPSA) is 58.5 Å². The third-order valence-corrected chi connectivity index (χ3v) is 5.05. The summed E-state index contributed by atoms with van der Waals surface area (Å²) >= 11 is 1.32. The number of halogens is 3. The van der Waals surface area contributed by atoms with Crippen molar-refractivity contribution in [2.45, 2.75) is 38.1 Å². The van der Waals surface area contributed by atoms with E-state index in [4.69, 9.17) is 0 Å². The molecule has 0 bridgehead atoms. The molecule has 0 unspecified atom stereocenters. The molecule has 0 radical (unpaired) electrons. The van der Waals surface area contributed by atoms with E-state index < -0.39 is 12.0 Å². The van der Waals surface area contributed by atoms with Crippen LogP contribution in [0.25, 0.3) is 0 Å². The summed E-state index contributed by atoms with van der Waals surface area (Å²) in [4.78, 5) is 6.48. The molecule has 1 aromatic heterocycles. The van der Waals surface area contributed by atoms with E-state index in [9.17, 15) is 18.3 Å². The van der Waals surface area contributed by atoms with Crippen LogP contribution in [0.15, 0.2) is 24.3 Å². The van der Waals surface area contributed by atoms with E-state index in [0.717, 1.165) is 17.4 Å². The van der Waals surface area contributed by atoms with Crippen LogP contribution in [-0.2, 0) is 12.0 Å². The number of ether oxygens (including phenoxy) is 1. The summed E-state index contributed by atoms with van der Waals surface area (Å²) in [5.41, 5.74) is -0.750. The fourth-order valence-corrected chi connectivity index (χ4v) is 3.66. The van der Waals surface area contributed by atoms with Gasteiger partial charge in [-0.05, 0) is 30.5 Å². The fourth-order valence-electron chi connectivity index (χ4n) is 2.86. The first-order valence-corrected chi connectivity index (χ1v) is 8.72. The molecule has 0 atom stereocenters. The highest BCUT2D eigenvalue weighted by atomic mass is 32.1. The highest BCUT2D eigenvalue weighted by Gasteiger charge is 2.36. The first-order chi connectivity index (χ1) is 11.8. The Kier molecular flexibility index (Phi) is 4.88. The minimum atomic E-state index is -4.75. The number of aliphatic hydroxyl groups is 1. The number of hydrogen-bond donors (Lipinski definition) is 1. The van der Waals surface area contributed by atoms with Gasteiger partial charge in [-0.15, -0.1) is 13.2 Å². The molecular weight excluding hydrogens is 355 g/mol. The maximum Gasteiger partial charge on any atom is 0.573 e. The summed E-state index contributed by atoms with van der Waals surface area (Å²) in [6, 6.07) is 5.56. The van der Waals surface area contributed by atoms with Crippen molar-refractivity contribution in [2.24, 2.45) is 0 Å². The molecule has 1 aromatic carbocycles. The van der Waals surface area contributed by atoms with Gasteiger partial charge in [0.1, 0.15) is 11.6 Å². The van der Waals surface area contributed by atoms with E-state index in [-0.39, 0.29) is 5.75 Å². The minimum absolute atomic E-state index is 0.322. The van der Waals surface area contributed by atoms with Gasteiger partial charge >= 0.3 is 6.36 Å². The van der Waals surface area contributed by atoms with Crippen molar-refractivity contribution in [3.63, 3.8) is 0 Å². The third kappa shape index (κ3) is 4.21. The van der Waals surface area contributed by atoms with Crippen LogP contribution < -0.4 is 9.64 Å². The lowest BCUT2D eigenvalue weighted by molar-refractivity contribution is -0.274. The van der Waals surface area contributed by atoms with Gasteiger partial charge in [-0.25, -0.2) is 4.98 Å². The minimum Gasteiger partial charge on any atom is -0.406 e. The quantitative estimate of drug-likeness (QED) is 0.889. The van der Waals surface area contributed by atoms with Crippen molar-refractivity contribution in [1.29, 1.82) is 0 Å². The molecule has 2 heterocycles. The molecule has 136 valence electrons. The van der Waals surface area contributed by atoms with Crippen LogP contribution in [-0.4, -0.2) is 33.9 Å². The largest absolute Gasteiger partial charge is 0.573 e. The van der Waals surface area contributed by atoms with Crippen LogP contribution in [0.5, 0.6) is 5.75 Å². The number of alkyl halides is 3. The zero-order valence-electron chi connectivity index (χ0n) is 13.6. The van der Waals surface area contributed by atoms with Crippen molar-refractivity contribution in [3.05, 3.63) is 35.7 Å². The maximum absolute atomic E-state index is 12.4. The van der Waals surface area contributed by atoms with Gasteiger partial charge in [-0.2, -0.15) is 4.37 Å². The zero-order chi connectivity index (χ0) is 18.1. The molecule has 2 aromatic rings. The highest BCUT2D eigenvalue weighted by Crippen LogP contribution is 2.36. The van der Waals surface area contributed by atoms with E-state index in [1.807, 2.05) is 11.8 Å². The maximum atomic E-state index is 12.4. The Morgan fingerprint density at radius 2 is 2.04 bits per heavy atom. The number of hydrogen-bond acceptors (Lipinski definition) is 6. The van der Waals surface area contributed by atoms with E-state index >= 15 is 0 Å². The second kappa shape index (κ2) is 6.80. The predicted molar refractivity (Wildman–Crippen MR) is 87.8 cm³/mol. The normalized spacial score (nSPS) is 17.6. The molecule has 1 N–H and O–H groups in total. The molecule has 1 fully saturated rings. The monoisotopic (exact) mass is 373 g/mol. The Balaban J connectivity index is 1.70. The second-order valence-corrected chi connectivity index (χ2v) is 6.67. The Morgan fingerprint density at radius 3 is 2.64 bits per heavy atom. The smallest absolute Gasteiger partial charge is 0.406 e. The lowest BCUT2D eigenvalue weighted by Gasteiger charge is -2.38. The molecule has 1 aliphatic rings. The van der Waals surface area contributed by atoms with Crippen LogP contribution in [0.2, 0.25) is 0 Å². The molecule has 0 saturated carbocycles. The average Bonchev–Trinajstić information content (AvgIpc) is 3.03. The predicted octanol–water partition coefficient (Wildman–Crippen LogP) is 3.49. The lowest BCUT2D eigenvalue weighted by Crippen LogP contribution is -2.42. The van der Waals surface area contributed by atoms with Crippen molar-refractivity contribution < 1.29 is 23.0 Å². The van der Waals surface area contributed by atoms with Crippen molar-refractivity contribution in [1.82, 2.24) is 9.36 Å². The molecule has 5 nitrogen and oxygen atoms in total. The van der Waals surface area contributed by atoms with Gasteiger partial charge in [0.2, 0.25) is 5.13 Å². The van der Waals surface area contributed by atoms with Crippen LogP contribution in [0.1, 0.15) is 31.2 Å². The summed E-state index contributed by atoms with van der Waals surface area (Å²) in [5.74, 6) is 0.468. The third-order valence-electron chi connectivity index (χ3n) is 4.24. The van der Waals surface area contributed by atoms with Crippen molar-refractivity contribution in [2.75, 3.05) is 18.0 Å². The van der Waals surface area contributed by atoms with Gasteiger partial charge in [-0.3, -0.25) is 0 Å². The van der Waals surface area contributed by atoms with Gasteiger partial charge in [0.15, 0.2) is 0 Å². The SMILES string of the molecule is CCc1nsc(N2CCC(O)(c3cccc(OC(F)(F)F)c3)CC2)n1. The molecule has 1 aliphatic heterocycles. The molecule has 1 saturated heterocycles. The molecule has 25 heavy (non-hydrogen) atoms. The number of aryl methyl sites for hydroxylation is 1. The van der Waals surface area contributed by atoms with E-state index in [2.05, 4.69) is 14.1 Å². The van der Waals surface area contributed by atoms with Gasteiger partial charge < -0.3 is 14.7 Å². The summed E-state index contributed by atoms with van der Waals surface area (Å²) in [7, 11) is 0. The Morgan fingerprint density at radius 1 is 1.32 bits per heavy atom. The standard InChI is InChI=1S/C16H18F3N3O2S/c1-2-13-20-14(25-21-13)22-8-6-15(23,7-9-22)11-4-3-5-12(10-11)24-16(17,18)19/h3-5,10,23H,2,6-9H2,1H3. The Hall–Kier alpha value is -1.87. The number of anilines is 1. The van der Waals surface area contributed by atoms with Crippen LogP contribution in [0, 0.1) is 0 Å². The highest BCUT2D eigenvalue weighted by molar-refractivity contribution is 7.09. The second-order valence-electron chi connectivity index (χ2n) is 5.94. The van der Waals surface area contributed by atoms with Gasteiger partial charge in [0.25, 0.3) is 0 Å². The number of rotatable bonds is 4. The molecule has 0 spiro atoms. The molecule has 0 aliphatic carbocycles. The zero-order valence-corrected chi connectivity index (χ0v) is 14.4. The van der Waals surface area contributed by atoms with Gasteiger partial charge in [0, 0.05) is 31.0 Å². The number of piperidine rings is 1. The lowest BCUT2D eigenvalue weighted by atomic mass is 9.84. The first kappa shape index (κ1) is 17.9. The molecule has 0 amide bonds. The van der Waals surface area contributed by atoms with Crippen LogP contribution >= 0.6 is 11.5 Å². The summed E-state index contributed by atoms with van der Waals surface area (Å²) in [5, 5.41) is 11.7. The summed E-state index contributed by atoms with van der Waals surface area (Å²) in [6.07, 6.45) is -3.20. The van der Waals surface area contributed by atoms with Crippen molar-refractivity contribution in [3.8, 4) is 5.75 Å². The van der Waals surface area contributed by atoms with Gasteiger partial charge in [0.05, 0.1) is 5.60 Å². The van der Waals surface area contributed by atoms with Crippen LogP contribution in [0.4, 0.5) is 18.3 Å². The number of benzene rings is 1. The van der Waals surface area contributed by atoms with E-state index in [1.54, 1.807) is 6.07 Å². The van der Waals surface area contributed by atoms with Crippen molar-refractivity contribution >= 4 is 16.7 Å². The van der Waals surface area contributed by atoms with Gasteiger partial charge in [-0.1, -0.05) is 19.1 Å². The molecule has 3 rings (SSSR count). The fraction of sp³-hybridized carbons (Fsp3) is 0.500.